The van der Waals surface area contributed by atoms with Crippen molar-refractivity contribution >= 4 is 41.1 Å². The van der Waals surface area contributed by atoms with Crippen molar-refractivity contribution in [2.75, 3.05) is 11.5 Å². The Balaban J connectivity index is 1.70. The molecule has 0 unspecified atom stereocenters. The summed E-state index contributed by atoms with van der Waals surface area (Å²) < 4.78 is 5.86. The molecule has 2 nitrogen and oxygen atoms in total. The number of rotatable bonds is 3. The first kappa shape index (κ1) is 14.8. The van der Waals surface area contributed by atoms with Crippen LogP contribution in [0, 0.1) is 0 Å². The third-order valence-corrected chi connectivity index (χ3v) is 6.51. The Morgan fingerprint density at radius 1 is 1.05 bits per heavy atom. The number of thioether (sulfide) groups is 2. The number of hydrogen-bond acceptors (Lipinski definition) is 4. The lowest BCUT2D eigenvalue weighted by atomic mass is 10.2. The molecule has 0 saturated carbocycles. The fourth-order valence-electron chi connectivity index (χ4n) is 2.03. The average molecular weight is 337 g/mol. The molecule has 0 aliphatic carbocycles. The van der Waals surface area contributed by atoms with Crippen LogP contribution in [0.2, 0.25) is 5.02 Å². The SMILES string of the molecule is O=C(Oc1ccc(C2SCCS2)cc1)c1ccccc1Cl. The summed E-state index contributed by atoms with van der Waals surface area (Å²) in [6, 6.07) is 14.6. The van der Waals surface area contributed by atoms with Gasteiger partial charge in [-0.3, -0.25) is 0 Å². The van der Waals surface area contributed by atoms with E-state index in [1.54, 1.807) is 24.3 Å². The van der Waals surface area contributed by atoms with E-state index in [2.05, 4.69) is 0 Å². The van der Waals surface area contributed by atoms with Crippen LogP contribution in [0.3, 0.4) is 0 Å². The van der Waals surface area contributed by atoms with Gasteiger partial charge in [0, 0.05) is 11.5 Å². The number of carbonyl (C=O) groups is 1. The van der Waals surface area contributed by atoms with E-state index < -0.39 is 5.97 Å². The van der Waals surface area contributed by atoms with Crippen molar-refractivity contribution in [3.8, 4) is 5.75 Å². The summed E-state index contributed by atoms with van der Waals surface area (Å²) in [4.78, 5) is 12.1. The Kier molecular flexibility index (Phi) is 4.78. The zero-order chi connectivity index (χ0) is 14.7. The van der Waals surface area contributed by atoms with Gasteiger partial charge in [0.2, 0.25) is 0 Å². The van der Waals surface area contributed by atoms with E-state index in [0.29, 0.717) is 20.9 Å². The van der Waals surface area contributed by atoms with Crippen molar-refractivity contribution in [1.29, 1.82) is 0 Å². The Morgan fingerprint density at radius 2 is 1.71 bits per heavy atom. The molecule has 2 aromatic carbocycles. The Hall–Kier alpha value is -1.10. The Labute approximate surface area is 137 Å². The van der Waals surface area contributed by atoms with E-state index in [9.17, 15) is 4.79 Å². The molecule has 0 aromatic heterocycles. The van der Waals surface area contributed by atoms with Gasteiger partial charge >= 0.3 is 5.97 Å². The molecule has 1 aliphatic rings. The minimum Gasteiger partial charge on any atom is -0.423 e. The lowest BCUT2D eigenvalue weighted by molar-refractivity contribution is 0.0735. The molecular formula is C16H13ClO2S2. The fraction of sp³-hybridized carbons (Fsp3) is 0.188. The number of benzene rings is 2. The van der Waals surface area contributed by atoms with Crippen LogP contribution in [0.15, 0.2) is 48.5 Å². The summed E-state index contributed by atoms with van der Waals surface area (Å²) in [6.07, 6.45) is 0. The Morgan fingerprint density at radius 3 is 2.38 bits per heavy atom. The predicted octanol–water partition coefficient (Wildman–Crippen LogP) is 5.04. The number of halogens is 1. The average Bonchev–Trinajstić information content (AvgIpc) is 3.02. The van der Waals surface area contributed by atoms with Crippen LogP contribution in [-0.2, 0) is 0 Å². The zero-order valence-electron chi connectivity index (χ0n) is 11.1. The van der Waals surface area contributed by atoms with E-state index in [1.807, 2.05) is 47.8 Å². The second kappa shape index (κ2) is 6.77. The van der Waals surface area contributed by atoms with E-state index in [0.717, 1.165) is 0 Å². The number of hydrogen-bond donors (Lipinski definition) is 0. The first-order chi connectivity index (χ1) is 10.2. The molecule has 108 valence electrons. The standard InChI is InChI=1S/C16H13ClO2S2/c17-14-4-2-1-3-13(14)15(18)19-12-7-5-11(6-8-12)16-20-9-10-21-16/h1-8,16H,9-10H2. The molecule has 0 spiro atoms. The molecule has 2 aromatic rings. The summed E-state index contributed by atoms with van der Waals surface area (Å²) in [5.74, 6) is 2.49. The number of carbonyl (C=O) groups excluding carboxylic acids is 1. The van der Waals surface area contributed by atoms with Crippen LogP contribution in [0.1, 0.15) is 20.5 Å². The Bertz CT molecular complexity index is 637. The van der Waals surface area contributed by atoms with Crippen LogP contribution in [-0.4, -0.2) is 17.5 Å². The highest BCUT2D eigenvalue weighted by Crippen LogP contribution is 2.45. The summed E-state index contributed by atoms with van der Waals surface area (Å²) in [5.41, 5.74) is 1.64. The third-order valence-electron chi connectivity index (χ3n) is 3.08. The number of esters is 1. The lowest BCUT2D eigenvalue weighted by Gasteiger charge is -2.10. The third kappa shape index (κ3) is 3.57. The fourth-order valence-corrected chi connectivity index (χ4v) is 5.10. The van der Waals surface area contributed by atoms with Gasteiger partial charge in [0.05, 0.1) is 15.2 Å². The summed E-state index contributed by atoms with van der Waals surface area (Å²) >= 11 is 9.89. The van der Waals surface area contributed by atoms with Gasteiger partial charge in [-0.1, -0.05) is 35.9 Å². The van der Waals surface area contributed by atoms with Crippen molar-refractivity contribution in [1.82, 2.24) is 0 Å². The molecule has 1 heterocycles. The maximum absolute atomic E-state index is 12.1. The van der Waals surface area contributed by atoms with E-state index in [-0.39, 0.29) is 0 Å². The molecule has 1 saturated heterocycles. The van der Waals surface area contributed by atoms with Crippen molar-refractivity contribution in [2.45, 2.75) is 4.58 Å². The van der Waals surface area contributed by atoms with Gasteiger partial charge in [-0.2, -0.15) is 0 Å². The van der Waals surface area contributed by atoms with Crippen LogP contribution in [0.5, 0.6) is 5.75 Å². The van der Waals surface area contributed by atoms with Crippen molar-refractivity contribution in [3.05, 3.63) is 64.7 Å². The molecule has 0 radical (unpaired) electrons. The van der Waals surface area contributed by atoms with Crippen molar-refractivity contribution in [3.63, 3.8) is 0 Å². The zero-order valence-corrected chi connectivity index (χ0v) is 13.5. The summed E-state index contributed by atoms with van der Waals surface area (Å²) in [7, 11) is 0. The van der Waals surface area contributed by atoms with Gasteiger partial charge < -0.3 is 4.74 Å². The molecule has 5 heteroatoms. The van der Waals surface area contributed by atoms with Gasteiger partial charge in [-0.05, 0) is 29.8 Å². The topological polar surface area (TPSA) is 26.3 Å². The summed E-state index contributed by atoms with van der Waals surface area (Å²) in [6.45, 7) is 0. The van der Waals surface area contributed by atoms with Gasteiger partial charge in [0.25, 0.3) is 0 Å². The minimum absolute atomic E-state index is 0.380. The van der Waals surface area contributed by atoms with Crippen molar-refractivity contribution < 1.29 is 9.53 Å². The quantitative estimate of drug-likeness (QED) is 0.579. The predicted molar refractivity (Wildman–Crippen MR) is 90.5 cm³/mol. The largest absolute Gasteiger partial charge is 0.423 e. The molecule has 0 N–H and O–H groups in total. The molecule has 21 heavy (non-hydrogen) atoms. The van der Waals surface area contributed by atoms with Crippen LogP contribution < -0.4 is 4.74 Å². The van der Waals surface area contributed by atoms with Crippen molar-refractivity contribution in [2.24, 2.45) is 0 Å². The lowest BCUT2D eigenvalue weighted by Crippen LogP contribution is -2.09. The highest BCUT2D eigenvalue weighted by Gasteiger charge is 2.18. The molecule has 1 fully saturated rings. The van der Waals surface area contributed by atoms with E-state index in [4.69, 9.17) is 16.3 Å². The molecule has 0 amide bonds. The molecular weight excluding hydrogens is 324 g/mol. The molecule has 0 atom stereocenters. The van der Waals surface area contributed by atoms with E-state index >= 15 is 0 Å². The minimum atomic E-state index is -0.432. The van der Waals surface area contributed by atoms with Gasteiger partial charge in [0.1, 0.15) is 5.75 Å². The molecule has 0 bridgehead atoms. The van der Waals surface area contributed by atoms with Gasteiger partial charge in [-0.15, -0.1) is 23.5 Å². The molecule has 3 rings (SSSR count). The maximum atomic E-state index is 12.1. The highest BCUT2D eigenvalue weighted by molar-refractivity contribution is 8.19. The summed E-state index contributed by atoms with van der Waals surface area (Å²) in [5, 5.41) is 0.401. The van der Waals surface area contributed by atoms with E-state index in [1.165, 1.54) is 17.1 Å². The smallest absolute Gasteiger partial charge is 0.345 e. The second-order valence-electron chi connectivity index (χ2n) is 4.51. The number of ether oxygens (including phenoxy) is 1. The second-order valence-corrected chi connectivity index (χ2v) is 7.64. The normalized spacial score (nSPS) is 15.1. The monoisotopic (exact) mass is 336 g/mol. The first-order valence-electron chi connectivity index (χ1n) is 6.54. The first-order valence-corrected chi connectivity index (χ1v) is 9.01. The molecule has 1 aliphatic heterocycles. The van der Waals surface area contributed by atoms with Gasteiger partial charge in [-0.25, -0.2) is 4.79 Å². The highest BCUT2D eigenvalue weighted by atomic mass is 35.5. The van der Waals surface area contributed by atoms with Crippen LogP contribution >= 0.6 is 35.1 Å². The van der Waals surface area contributed by atoms with Crippen LogP contribution in [0.4, 0.5) is 0 Å². The van der Waals surface area contributed by atoms with Crippen LogP contribution in [0.25, 0.3) is 0 Å². The maximum Gasteiger partial charge on any atom is 0.345 e. The van der Waals surface area contributed by atoms with Gasteiger partial charge in [0.15, 0.2) is 0 Å².